The highest BCUT2D eigenvalue weighted by Crippen LogP contribution is 2.11. The number of likely N-dealkylation sites (N-methyl/N-ethyl adjacent to an activating group) is 1. The fraction of sp³-hybridized carbons (Fsp3) is 0.333. The van der Waals surface area contributed by atoms with Crippen LogP contribution in [-0.4, -0.2) is 28.6 Å². The van der Waals surface area contributed by atoms with E-state index in [1.807, 2.05) is 7.05 Å². The van der Waals surface area contributed by atoms with Gasteiger partial charge in [-0.25, -0.2) is 13.6 Å². The SMILES string of the molecule is CNCCNc1ccc(S(N)(=O)=O)cc1. The van der Waals surface area contributed by atoms with Crippen molar-refractivity contribution in [3.05, 3.63) is 24.3 Å². The van der Waals surface area contributed by atoms with Crippen molar-refractivity contribution in [1.29, 1.82) is 0 Å². The molecule has 0 saturated heterocycles. The monoisotopic (exact) mass is 229 g/mol. The van der Waals surface area contributed by atoms with Crippen molar-refractivity contribution in [2.45, 2.75) is 4.90 Å². The van der Waals surface area contributed by atoms with Crippen molar-refractivity contribution >= 4 is 15.7 Å². The second-order valence-corrected chi connectivity index (χ2v) is 4.66. The summed E-state index contributed by atoms with van der Waals surface area (Å²) in [5.41, 5.74) is 0.873. The van der Waals surface area contributed by atoms with Crippen molar-refractivity contribution in [1.82, 2.24) is 5.32 Å². The zero-order valence-corrected chi connectivity index (χ0v) is 9.34. The topological polar surface area (TPSA) is 84.2 Å². The van der Waals surface area contributed by atoms with Crippen LogP contribution in [0.25, 0.3) is 0 Å². The van der Waals surface area contributed by atoms with E-state index in [1.54, 1.807) is 12.1 Å². The standard InChI is InChI=1S/C9H15N3O2S/c1-11-6-7-12-8-2-4-9(5-3-8)15(10,13)14/h2-5,11-12H,6-7H2,1H3,(H2,10,13,14). The van der Waals surface area contributed by atoms with Crippen molar-refractivity contribution in [3.8, 4) is 0 Å². The first-order valence-corrected chi connectivity index (χ1v) is 6.10. The van der Waals surface area contributed by atoms with E-state index in [0.717, 1.165) is 18.8 Å². The Bertz CT molecular complexity index is 400. The second kappa shape index (κ2) is 5.11. The number of sulfonamides is 1. The molecule has 0 amide bonds. The van der Waals surface area contributed by atoms with Gasteiger partial charge in [0.05, 0.1) is 4.90 Å². The van der Waals surface area contributed by atoms with Gasteiger partial charge in [-0.2, -0.15) is 0 Å². The minimum Gasteiger partial charge on any atom is -0.384 e. The van der Waals surface area contributed by atoms with Gasteiger partial charge in [-0.15, -0.1) is 0 Å². The number of nitrogens with two attached hydrogens (primary N) is 1. The lowest BCUT2D eigenvalue weighted by Crippen LogP contribution is -2.17. The quantitative estimate of drug-likeness (QED) is 0.619. The zero-order valence-electron chi connectivity index (χ0n) is 8.53. The Morgan fingerprint density at radius 3 is 2.27 bits per heavy atom. The third-order valence-corrected chi connectivity index (χ3v) is 2.82. The molecule has 0 fully saturated rings. The Morgan fingerprint density at radius 2 is 1.80 bits per heavy atom. The van der Waals surface area contributed by atoms with Crippen molar-refractivity contribution < 1.29 is 8.42 Å². The van der Waals surface area contributed by atoms with E-state index in [2.05, 4.69) is 10.6 Å². The molecule has 0 aromatic heterocycles. The lowest BCUT2D eigenvalue weighted by atomic mass is 10.3. The predicted octanol–water partition coefficient (Wildman–Crippen LogP) is -0.0347. The Morgan fingerprint density at radius 1 is 1.20 bits per heavy atom. The lowest BCUT2D eigenvalue weighted by molar-refractivity contribution is 0.598. The maximum Gasteiger partial charge on any atom is 0.238 e. The number of nitrogens with one attached hydrogen (secondary N) is 2. The molecule has 15 heavy (non-hydrogen) atoms. The first-order chi connectivity index (χ1) is 7.04. The van der Waals surface area contributed by atoms with E-state index in [1.165, 1.54) is 12.1 Å². The summed E-state index contributed by atoms with van der Waals surface area (Å²) in [6.45, 7) is 1.63. The minimum atomic E-state index is -3.58. The summed E-state index contributed by atoms with van der Waals surface area (Å²) in [4.78, 5) is 0.127. The fourth-order valence-electron chi connectivity index (χ4n) is 1.09. The lowest BCUT2D eigenvalue weighted by Gasteiger charge is -2.06. The van der Waals surface area contributed by atoms with Gasteiger partial charge in [0.1, 0.15) is 0 Å². The molecule has 0 bridgehead atoms. The van der Waals surface area contributed by atoms with Gasteiger partial charge in [-0.05, 0) is 31.3 Å². The van der Waals surface area contributed by atoms with E-state index < -0.39 is 10.0 Å². The van der Waals surface area contributed by atoms with Gasteiger partial charge in [0, 0.05) is 18.8 Å². The molecule has 4 N–H and O–H groups in total. The Labute approximate surface area is 89.7 Å². The van der Waals surface area contributed by atoms with E-state index >= 15 is 0 Å². The smallest absolute Gasteiger partial charge is 0.238 e. The molecule has 84 valence electrons. The van der Waals surface area contributed by atoms with Crippen LogP contribution in [0.4, 0.5) is 5.69 Å². The summed E-state index contributed by atoms with van der Waals surface area (Å²) in [7, 11) is -1.72. The van der Waals surface area contributed by atoms with E-state index in [0.29, 0.717) is 0 Å². The summed E-state index contributed by atoms with van der Waals surface area (Å²) in [6.07, 6.45) is 0. The zero-order chi connectivity index (χ0) is 11.3. The normalized spacial score (nSPS) is 11.3. The van der Waals surface area contributed by atoms with Crippen LogP contribution in [0, 0.1) is 0 Å². The molecule has 0 atom stereocenters. The van der Waals surface area contributed by atoms with Crippen LogP contribution < -0.4 is 15.8 Å². The maximum absolute atomic E-state index is 11.0. The molecule has 0 radical (unpaired) electrons. The molecule has 0 aliphatic rings. The first kappa shape index (κ1) is 12.0. The number of rotatable bonds is 5. The molecule has 0 saturated carbocycles. The number of benzene rings is 1. The number of hydrogen-bond acceptors (Lipinski definition) is 4. The predicted molar refractivity (Wildman–Crippen MR) is 60.2 cm³/mol. The maximum atomic E-state index is 11.0. The molecule has 1 aromatic rings. The summed E-state index contributed by atoms with van der Waals surface area (Å²) >= 11 is 0. The highest BCUT2D eigenvalue weighted by Gasteiger charge is 2.05. The van der Waals surface area contributed by atoms with E-state index in [-0.39, 0.29) is 4.90 Å². The van der Waals surface area contributed by atoms with Gasteiger partial charge in [-0.3, -0.25) is 0 Å². The van der Waals surface area contributed by atoms with Crippen molar-refractivity contribution in [3.63, 3.8) is 0 Å². The molecule has 1 aromatic carbocycles. The van der Waals surface area contributed by atoms with Gasteiger partial charge in [0.15, 0.2) is 0 Å². The number of primary sulfonamides is 1. The molecule has 0 unspecified atom stereocenters. The van der Waals surface area contributed by atoms with Gasteiger partial charge in [-0.1, -0.05) is 0 Å². The van der Waals surface area contributed by atoms with Crippen molar-refractivity contribution in [2.24, 2.45) is 5.14 Å². The number of hydrogen-bond donors (Lipinski definition) is 3. The molecule has 6 heteroatoms. The molecule has 0 spiro atoms. The van der Waals surface area contributed by atoms with Crippen LogP contribution in [0.3, 0.4) is 0 Å². The van der Waals surface area contributed by atoms with E-state index in [4.69, 9.17) is 5.14 Å². The Balaban J connectivity index is 2.65. The Kier molecular flexibility index (Phi) is 4.07. The molecular formula is C9H15N3O2S. The third kappa shape index (κ3) is 3.86. The van der Waals surface area contributed by atoms with Crippen LogP contribution >= 0.6 is 0 Å². The van der Waals surface area contributed by atoms with Gasteiger partial charge in [0.2, 0.25) is 10.0 Å². The first-order valence-electron chi connectivity index (χ1n) is 4.55. The van der Waals surface area contributed by atoms with Crippen LogP contribution in [-0.2, 0) is 10.0 Å². The summed E-state index contributed by atoms with van der Waals surface area (Å²) in [5.74, 6) is 0. The molecular weight excluding hydrogens is 214 g/mol. The average Bonchev–Trinajstić information content (AvgIpc) is 2.18. The average molecular weight is 229 g/mol. The molecule has 0 aliphatic carbocycles. The molecule has 0 aliphatic heterocycles. The highest BCUT2D eigenvalue weighted by atomic mass is 32.2. The molecule has 5 nitrogen and oxygen atoms in total. The molecule has 0 heterocycles. The second-order valence-electron chi connectivity index (χ2n) is 3.10. The van der Waals surface area contributed by atoms with Crippen LogP contribution in [0.1, 0.15) is 0 Å². The van der Waals surface area contributed by atoms with Crippen LogP contribution in [0.15, 0.2) is 29.2 Å². The van der Waals surface area contributed by atoms with Gasteiger partial charge >= 0.3 is 0 Å². The largest absolute Gasteiger partial charge is 0.384 e. The molecule has 1 rings (SSSR count). The van der Waals surface area contributed by atoms with Gasteiger partial charge < -0.3 is 10.6 Å². The third-order valence-electron chi connectivity index (χ3n) is 1.89. The van der Waals surface area contributed by atoms with Crippen molar-refractivity contribution in [2.75, 3.05) is 25.5 Å². The van der Waals surface area contributed by atoms with Crippen LogP contribution in [0.2, 0.25) is 0 Å². The minimum absolute atomic E-state index is 0.127. The van der Waals surface area contributed by atoms with Crippen LogP contribution in [0.5, 0.6) is 0 Å². The van der Waals surface area contributed by atoms with E-state index in [9.17, 15) is 8.42 Å². The fourth-order valence-corrected chi connectivity index (χ4v) is 1.61. The summed E-state index contributed by atoms with van der Waals surface area (Å²) < 4.78 is 21.9. The van der Waals surface area contributed by atoms with Gasteiger partial charge in [0.25, 0.3) is 0 Å². The Hall–Kier alpha value is -1.11. The highest BCUT2D eigenvalue weighted by molar-refractivity contribution is 7.89. The number of anilines is 1. The summed E-state index contributed by atoms with van der Waals surface area (Å²) in [6, 6.07) is 6.35. The summed E-state index contributed by atoms with van der Waals surface area (Å²) in [5, 5.41) is 11.1.